The predicted octanol–water partition coefficient (Wildman–Crippen LogP) is 4.32. The Hall–Kier alpha value is -2.24. The lowest BCUT2D eigenvalue weighted by molar-refractivity contribution is 0.0787. The molecule has 148 valence electrons. The summed E-state index contributed by atoms with van der Waals surface area (Å²) in [5.74, 6) is 1.23. The minimum atomic E-state index is -0.875. The summed E-state index contributed by atoms with van der Waals surface area (Å²) in [5.41, 5.74) is 2.84. The van der Waals surface area contributed by atoms with E-state index in [0.717, 1.165) is 60.5 Å². The molecule has 0 unspecified atom stereocenters. The van der Waals surface area contributed by atoms with Crippen molar-refractivity contribution >= 4 is 11.0 Å². The number of aryl methyl sites for hydroxylation is 1. The molecule has 1 N–H and O–H groups in total. The minimum Gasteiger partial charge on any atom is -0.386 e. The normalized spacial score (nSPS) is 16.8. The Morgan fingerprint density at radius 1 is 1.14 bits per heavy atom. The van der Waals surface area contributed by atoms with E-state index in [1.165, 1.54) is 0 Å². The van der Waals surface area contributed by atoms with Crippen molar-refractivity contribution in [2.75, 3.05) is 13.1 Å². The molecule has 1 saturated heterocycles. The van der Waals surface area contributed by atoms with Gasteiger partial charge in [-0.1, -0.05) is 24.3 Å². The summed E-state index contributed by atoms with van der Waals surface area (Å²) in [4.78, 5) is 7.22. The number of imidazole rings is 1. The quantitative estimate of drug-likeness (QED) is 0.732. The topological polar surface area (TPSA) is 41.3 Å². The van der Waals surface area contributed by atoms with Gasteiger partial charge in [0.15, 0.2) is 0 Å². The van der Waals surface area contributed by atoms with Crippen LogP contribution in [0.5, 0.6) is 0 Å². The van der Waals surface area contributed by atoms with E-state index in [9.17, 15) is 9.50 Å². The van der Waals surface area contributed by atoms with Gasteiger partial charge in [-0.05, 0) is 75.0 Å². The van der Waals surface area contributed by atoms with Gasteiger partial charge in [0.1, 0.15) is 11.6 Å². The van der Waals surface area contributed by atoms with E-state index in [-0.39, 0.29) is 5.82 Å². The summed E-state index contributed by atoms with van der Waals surface area (Å²) in [6.45, 7) is 6.25. The second-order valence-electron chi connectivity index (χ2n) is 8.42. The molecule has 4 rings (SSSR count). The highest BCUT2D eigenvalue weighted by Crippen LogP contribution is 2.31. The summed E-state index contributed by atoms with van der Waals surface area (Å²) in [5, 5.41) is 10.3. The van der Waals surface area contributed by atoms with Gasteiger partial charge in [-0.15, -0.1) is 0 Å². The fourth-order valence-corrected chi connectivity index (χ4v) is 4.18. The molecule has 0 aliphatic carbocycles. The van der Waals surface area contributed by atoms with Gasteiger partial charge in [0, 0.05) is 7.05 Å². The molecule has 5 heteroatoms. The Morgan fingerprint density at radius 3 is 2.54 bits per heavy atom. The molecule has 2 heterocycles. The first-order chi connectivity index (χ1) is 13.3. The molecule has 2 aromatic carbocycles. The van der Waals surface area contributed by atoms with Crippen LogP contribution in [-0.2, 0) is 19.2 Å². The monoisotopic (exact) mass is 381 g/mol. The molecule has 0 amide bonds. The molecule has 4 nitrogen and oxygen atoms in total. The molecule has 1 aliphatic rings. The van der Waals surface area contributed by atoms with Crippen LogP contribution in [0.25, 0.3) is 11.0 Å². The van der Waals surface area contributed by atoms with Crippen LogP contribution in [0.3, 0.4) is 0 Å². The van der Waals surface area contributed by atoms with Crippen molar-refractivity contribution in [3.8, 4) is 0 Å². The average Bonchev–Trinajstić information content (AvgIpc) is 2.97. The van der Waals surface area contributed by atoms with E-state index in [4.69, 9.17) is 4.98 Å². The molecule has 1 aromatic heterocycles. The lowest BCUT2D eigenvalue weighted by atomic mass is 9.89. The zero-order valence-corrected chi connectivity index (χ0v) is 16.8. The average molecular weight is 381 g/mol. The Kier molecular flexibility index (Phi) is 4.98. The molecular formula is C23H28FN3O. The highest BCUT2D eigenvalue weighted by Gasteiger charge is 2.24. The number of aliphatic hydroxyl groups is 1. The van der Waals surface area contributed by atoms with Gasteiger partial charge in [-0.3, -0.25) is 4.90 Å². The molecule has 1 aliphatic heterocycles. The fourth-order valence-electron chi connectivity index (χ4n) is 4.18. The lowest BCUT2D eigenvalue weighted by Gasteiger charge is -2.32. The van der Waals surface area contributed by atoms with Gasteiger partial charge in [-0.25, -0.2) is 9.37 Å². The zero-order valence-electron chi connectivity index (χ0n) is 16.8. The van der Waals surface area contributed by atoms with Crippen molar-refractivity contribution in [1.82, 2.24) is 14.5 Å². The Labute approximate surface area is 165 Å². The van der Waals surface area contributed by atoms with Crippen LogP contribution in [0, 0.1) is 5.82 Å². The first kappa shape index (κ1) is 19.1. The first-order valence-corrected chi connectivity index (χ1v) is 9.98. The highest BCUT2D eigenvalue weighted by atomic mass is 19.1. The highest BCUT2D eigenvalue weighted by molar-refractivity contribution is 5.77. The number of benzene rings is 2. The zero-order chi connectivity index (χ0) is 19.9. The SMILES string of the molecule is Cn1c(CN2CCC(c3ccccc3F)CC2)nc2cc(C(C)(C)O)ccc21. The van der Waals surface area contributed by atoms with Gasteiger partial charge in [-0.2, -0.15) is 0 Å². The molecule has 1 fully saturated rings. The first-order valence-electron chi connectivity index (χ1n) is 9.98. The number of piperidine rings is 1. The van der Waals surface area contributed by atoms with E-state index in [1.54, 1.807) is 26.0 Å². The largest absolute Gasteiger partial charge is 0.386 e. The van der Waals surface area contributed by atoms with E-state index < -0.39 is 5.60 Å². The third-order valence-electron chi connectivity index (χ3n) is 5.98. The van der Waals surface area contributed by atoms with Crippen LogP contribution in [0.2, 0.25) is 0 Å². The second kappa shape index (κ2) is 7.30. The molecule has 28 heavy (non-hydrogen) atoms. The summed E-state index contributed by atoms with van der Waals surface area (Å²) in [7, 11) is 2.04. The van der Waals surface area contributed by atoms with Crippen molar-refractivity contribution < 1.29 is 9.50 Å². The van der Waals surface area contributed by atoms with Crippen molar-refractivity contribution in [3.05, 3.63) is 65.2 Å². The Morgan fingerprint density at radius 2 is 1.86 bits per heavy atom. The fraction of sp³-hybridized carbons (Fsp3) is 0.435. The van der Waals surface area contributed by atoms with Gasteiger partial charge in [0.2, 0.25) is 0 Å². The van der Waals surface area contributed by atoms with Crippen molar-refractivity contribution in [2.45, 2.75) is 44.8 Å². The molecule has 0 atom stereocenters. The van der Waals surface area contributed by atoms with Gasteiger partial charge in [0.25, 0.3) is 0 Å². The maximum absolute atomic E-state index is 14.1. The van der Waals surface area contributed by atoms with E-state index in [1.807, 2.05) is 37.4 Å². The summed E-state index contributed by atoms with van der Waals surface area (Å²) < 4.78 is 16.2. The standard InChI is InChI=1S/C23H28FN3O/c1-23(2,28)17-8-9-21-20(14-17)25-22(26(21)3)15-27-12-10-16(11-13-27)18-6-4-5-7-19(18)24/h4-9,14,16,28H,10-13,15H2,1-3H3. The third-order valence-corrected chi connectivity index (χ3v) is 5.98. The lowest BCUT2D eigenvalue weighted by Crippen LogP contribution is -2.33. The predicted molar refractivity (Wildman–Crippen MR) is 110 cm³/mol. The molecular weight excluding hydrogens is 353 g/mol. The van der Waals surface area contributed by atoms with Crippen LogP contribution in [-0.4, -0.2) is 32.6 Å². The molecule has 0 spiro atoms. The third kappa shape index (κ3) is 3.69. The minimum absolute atomic E-state index is 0.0843. The van der Waals surface area contributed by atoms with Gasteiger partial charge >= 0.3 is 0 Å². The smallest absolute Gasteiger partial charge is 0.126 e. The number of nitrogens with zero attached hydrogens (tertiary/aromatic N) is 3. The summed E-state index contributed by atoms with van der Waals surface area (Å²) >= 11 is 0. The van der Waals surface area contributed by atoms with Crippen molar-refractivity contribution in [3.63, 3.8) is 0 Å². The van der Waals surface area contributed by atoms with Crippen LogP contribution >= 0.6 is 0 Å². The van der Waals surface area contributed by atoms with Crippen LogP contribution in [0.4, 0.5) is 4.39 Å². The summed E-state index contributed by atoms with van der Waals surface area (Å²) in [6, 6.07) is 13.1. The van der Waals surface area contributed by atoms with Gasteiger partial charge in [0.05, 0.1) is 23.2 Å². The number of hydrogen-bond donors (Lipinski definition) is 1. The van der Waals surface area contributed by atoms with Crippen molar-refractivity contribution in [2.24, 2.45) is 7.05 Å². The molecule has 0 radical (unpaired) electrons. The number of fused-ring (bicyclic) bond motifs is 1. The number of hydrogen-bond acceptors (Lipinski definition) is 3. The summed E-state index contributed by atoms with van der Waals surface area (Å²) in [6.07, 6.45) is 1.93. The Balaban J connectivity index is 1.47. The Bertz CT molecular complexity index is 981. The molecule has 0 saturated carbocycles. The number of aromatic nitrogens is 2. The number of likely N-dealkylation sites (tertiary alicyclic amines) is 1. The van der Waals surface area contributed by atoms with E-state index in [0.29, 0.717) is 5.92 Å². The second-order valence-corrected chi connectivity index (χ2v) is 8.42. The number of halogens is 1. The number of rotatable bonds is 4. The van der Waals surface area contributed by atoms with Crippen LogP contribution < -0.4 is 0 Å². The molecule has 3 aromatic rings. The van der Waals surface area contributed by atoms with Crippen LogP contribution in [0.15, 0.2) is 42.5 Å². The van der Waals surface area contributed by atoms with Crippen LogP contribution in [0.1, 0.15) is 49.6 Å². The van der Waals surface area contributed by atoms with Gasteiger partial charge < -0.3 is 9.67 Å². The maximum Gasteiger partial charge on any atom is 0.126 e. The van der Waals surface area contributed by atoms with E-state index >= 15 is 0 Å². The van der Waals surface area contributed by atoms with E-state index in [2.05, 4.69) is 9.47 Å². The molecule has 0 bridgehead atoms. The maximum atomic E-state index is 14.1. The van der Waals surface area contributed by atoms with Crippen molar-refractivity contribution in [1.29, 1.82) is 0 Å².